The summed E-state index contributed by atoms with van der Waals surface area (Å²) < 4.78 is 1.79. The highest BCUT2D eigenvalue weighted by molar-refractivity contribution is 5.43. The Hall–Kier alpha value is -2.49. The second kappa shape index (κ2) is 4.07. The van der Waals surface area contributed by atoms with Crippen molar-refractivity contribution in [1.82, 2.24) is 9.38 Å². The van der Waals surface area contributed by atoms with Gasteiger partial charge in [0.25, 0.3) is 0 Å². The highest BCUT2D eigenvalue weighted by Crippen LogP contribution is 2.16. The molecule has 3 aromatic rings. The lowest BCUT2D eigenvalue weighted by Gasteiger charge is -1.98. The summed E-state index contributed by atoms with van der Waals surface area (Å²) >= 11 is 0. The van der Waals surface area contributed by atoms with Gasteiger partial charge in [-0.05, 0) is 29.8 Å². The SMILES string of the molecule is Oc1cccc(Cc2cn3cc(O)ccc3n2)c1. The molecule has 0 radical (unpaired) electrons. The Morgan fingerprint density at radius 3 is 2.72 bits per heavy atom. The Balaban J connectivity index is 1.95. The van der Waals surface area contributed by atoms with Crippen molar-refractivity contribution in [3.05, 3.63) is 60.0 Å². The van der Waals surface area contributed by atoms with Crippen molar-refractivity contribution >= 4 is 5.65 Å². The molecule has 2 aromatic heterocycles. The van der Waals surface area contributed by atoms with E-state index < -0.39 is 0 Å². The van der Waals surface area contributed by atoms with Gasteiger partial charge in [-0.3, -0.25) is 0 Å². The number of hydrogen-bond donors (Lipinski definition) is 2. The van der Waals surface area contributed by atoms with E-state index in [1.54, 1.807) is 34.9 Å². The number of rotatable bonds is 2. The van der Waals surface area contributed by atoms with Crippen LogP contribution < -0.4 is 0 Å². The van der Waals surface area contributed by atoms with Crippen LogP contribution in [0, 0.1) is 0 Å². The number of phenols is 1. The van der Waals surface area contributed by atoms with Crippen molar-refractivity contribution in [3.8, 4) is 11.5 Å². The first-order valence-corrected chi connectivity index (χ1v) is 5.65. The molecule has 0 unspecified atom stereocenters. The first kappa shape index (κ1) is 10.7. The molecule has 1 aromatic carbocycles. The van der Waals surface area contributed by atoms with Crippen molar-refractivity contribution in [3.63, 3.8) is 0 Å². The molecule has 2 N–H and O–H groups in total. The van der Waals surface area contributed by atoms with Crippen molar-refractivity contribution in [1.29, 1.82) is 0 Å². The van der Waals surface area contributed by atoms with Crippen LogP contribution in [0.25, 0.3) is 5.65 Å². The number of benzene rings is 1. The molecule has 0 atom stereocenters. The molecule has 0 fully saturated rings. The van der Waals surface area contributed by atoms with E-state index in [2.05, 4.69) is 4.98 Å². The molecule has 0 saturated carbocycles. The van der Waals surface area contributed by atoms with Crippen LogP contribution in [-0.4, -0.2) is 19.6 Å². The quantitative estimate of drug-likeness (QED) is 0.722. The van der Waals surface area contributed by atoms with E-state index in [1.165, 1.54) is 0 Å². The summed E-state index contributed by atoms with van der Waals surface area (Å²) in [5.41, 5.74) is 2.69. The molecule has 0 bridgehead atoms. The van der Waals surface area contributed by atoms with Crippen LogP contribution in [0.1, 0.15) is 11.3 Å². The minimum Gasteiger partial charge on any atom is -0.508 e. The third kappa shape index (κ3) is 2.00. The number of hydrogen-bond acceptors (Lipinski definition) is 3. The monoisotopic (exact) mass is 240 g/mol. The maximum atomic E-state index is 9.41. The molecule has 0 aliphatic heterocycles. The smallest absolute Gasteiger partial charge is 0.137 e. The summed E-state index contributed by atoms with van der Waals surface area (Å²) in [5, 5.41) is 18.8. The number of phenolic OH excluding ortho intramolecular Hbond substituents is 1. The van der Waals surface area contributed by atoms with Crippen LogP contribution >= 0.6 is 0 Å². The van der Waals surface area contributed by atoms with Gasteiger partial charge in [0.15, 0.2) is 0 Å². The van der Waals surface area contributed by atoms with Gasteiger partial charge in [-0.1, -0.05) is 12.1 Å². The van der Waals surface area contributed by atoms with Gasteiger partial charge < -0.3 is 14.6 Å². The molecular formula is C14H12N2O2. The minimum atomic E-state index is 0.212. The van der Waals surface area contributed by atoms with Crippen molar-refractivity contribution in [2.45, 2.75) is 6.42 Å². The maximum Gasteiger partial charge on any atom is 0.137 e. The molecule has 0 spiro atoms. The molecule has 0 aliphatic carbocycles. The molecule has 90 valence electrons. The van der Waals surface area contributed by atoms with Crippen LogP contribution in [0.5, 0.6) is 11.5 Å². The molecule has 0 aliphatic rings. The summed E-state index contributed by atoms with van der Waals surface area (Å²) in [6.45, 7) is 0. The fourth-order valence-electron chi connectivity index (χ4n) is 1.99. The number of aromatic nitrogens is 2. The number of pyridine rings is 1. The second-order valence-corrected chi connectivity index (χ2v) is 4.23. The van der Waals surface area contributed by atoms with Gasteiger partial charge in [0.05, 0.1) is 11.9 Å². The predicted molar refractivity (Wildman–Crippen MR) is 67.8 cm³/mol. The third-order valence-electron chi connectivity index (χ3n) is 2.78. The Morgan fingerprint density at radius 2 is 1.89 bits per heavy atom. The largest absolute Gasteiger partial charge is 0.508 e. The van der Waals surface area contributed by atoms with Gasteiger partial charge in [-0.25, -0.2) is 4.98 Å². The fourth-order valence-corrected chi connectivity index (χ4v) is 1.99. The summed E-state index contributed by atoms with van der Waals surface area (Å²) in [6, 6.07) is 10.5. The molecule has 0 saturated heterocycles. The van der Waals surface area contributed by atoms with Gasteiger partial charge in [0, 0.05) is 12.6 Å². The van der Waals surface area contributed by atoms with Gasteiger partial charge in [0.1, 0.15) is 17.1 Å². The lowest BCUT2D eigenvalue weighted by Crippen LogP contribution is -1.87. The van der Waals surface area contributed by atoms with E-state index in [4.69, 9.17) is 0 Å². The molecule has 18 heavy (non-hydrogen) atoms. The summed E-state index contributed by atoms with van der Waals surface area (Å²) in [6.07, 6.45) is 4.14. The molecule has 3 rings (SSSR count). The standard InChI is InChI=1S/C14H12N2O2/c17-12-3-1-2-10(7-12)6-11-8-16-9-13(18)4-5-14(16)15-11/h1-5,7-9,17-18H,6H2. The zero-order chi connectivity index (χ0) is 12.5. The molecule has 0 amide bonds. The Kier molecular flexibility index (Phi) is 2.41. The van der Waals surface area contributed by atoms with Crippen LogP contribution in [-0.2, 0) is 6.42 Å². The minimum absolute atomic E-state index is 0.212. The first-order valence-electron chi connectivity index (χ1n) is 5.65. The summed E-state index contributed by atoms with van der Waals surface area (Å²) in [7, 11) is 0. The van der Waals surface area contributed by atoms with E-state index in [0.717, 1.165) is 16.9 Å². The summed E-state index contributed by atoms with van der Waals surface area (Å²) in [5.74, 6) is 0.470. The van der Waals surface area contributed by atoms with Crippen molar-refractivity contribution < 1.29 is 10.2 Å². The van der Waals surface area contributed by atoms with Gasteiger partial charge >= 0.3 is 0 Å². The molecular weight excluding hydrogens is 228 g/mol. The molecule has 4 heteroatoms. The highest BCUT2D eigenvalue weighted by Gasteiger charge is 2.04. The maximum absolute atomic E-state index is 9.41. The lowest BCUT2D eigenvalue weighted by molar-refractivity contribution is 0.472. The van der Waals surface area contributed by atoms with Gasteiger partial charge in [0.2, 0.25) is 0 Å². The first-order chi connectivity index (χ1) is 8.70. The van der Waals surface area contributed by atoms with Crippen LogP contribution in [0.2, 0.25) is 0 Å². The number of nitrogens with zero attached hydrogens (tertiary/aromatic N) is 2. The Bertz CT molecular complexity index is 704. The van der Waals surface area contributed by atoms with E-state index in [9.17, 15) is 10.2 Å². The Labute approximate surface area is 104 Å². The van der Waals surface area contributed by atoms with E-state index in [-0.39, 0.29) is 11.5 Å². The topological polar surface area (TPSA) is 57.8 Å². The average Bonchev–Trinajstić information content (AvgIpc) is 2.70. The lowest BCUT2D eigenvalue weighted by atomic mass is 10.1. The average molecular weight is 240 g/mol. The third-order valence-corrected chi connectivity index (χ3v) is 2.78. The van der Waals surface area contributed by atoms with Crippen molar-refractivity contribution in [2.75, 3.05) is 0 Å². The van der Waals surface area contributed by atoms with Gasteiger partial charge in [-0.2, -0.15) is 0 Å². The fraction of sp³-hybridized carbons (Fsp3) is 0.0714. The second-order valence-electron chi connectivity index (χ2n) is 4.23. The van der Waals surface area contributed by atoms with E-state index in [1.807, 2.05) is 18.3 Å². The summed E-state index contributed by atoms with van der Waals surface area (Å²) in [4.78, 5) is 4.45. The van der Waals surface area contributed by atoms with Gasteiger partial charge in [-0.15, -0.1) is 0 Å². The Morgan fingerprint density at radius 1 is 1.00 bits per heavy atom. The molecule has 4 nitrogen and oxygen atoms in total. The predicted octanol–water partition coefficient (Wildman–Crippen LogP) is 2.34. The van der Waals surface area contributed by atoms with Crippen LogP contribution in [0.4, 0.5) is 0 Å². The van der Waals surface area contributed by atoms with E-state index in [0.29, 0.717) is 6.42 Å². The van der Waals surface area contributed by atoms with Crippen molar-refractivity contribution in [2.24, 2.45) is 0 Å². The molecule has 2 heterocycles. The van der Waals surface area contributed by atoms with Crippen LogP contribution in [0.15, 0.2) is 48.8 Å². The van der Waals surface area contributed by atoms with E-state index >= 15 is 0 Å². The zero-order valence-electron chi connectivity index (χ0n) is 9.61. The zero-order valence-corrected chi connectivity index (χ0v) is 9.61. The number of fused-ring (bicyclic) bond motifs is 1. The van der Waals surface area contributed by atoms with Crippen LogP contribution in [0.3, 0.4) is 0 Å². The number of aromatic hydroxyl groups is 2. The normalized spacial score (nSPS) is 10.9. The highest BCUT2D eigenvalue weighted by atomic mass is 16.3. The number of imidazole rings is 1.